The lowest BCUT2D eigenvalue weighted by Gasteiger charge is -2.27. The van der Waals surface area contributed by atoms with Gasteiger partial charge in [0.05, 0.1) is 6.10 Å². The highest BCUT2D eigenvalue weighted by Gasteiger charge is 2.24. The highest BCUT2D eigenvalue weighted by Crippen LogP contribution is 2.42. The van der Waals surface area contributed by atoms with Crippen LogP contribution in [0.25, 0.3) is 11.1 Å². The van der Waals surface area contributed by atoms with Crippen molar-refractivity contribution in [2.45, 2.75) is 85.2 Å². The molecule has 0 radical (unpaired) electrons. The Balaban J connectivity index is 2.84. The third-order valence-corrected chi connectivity index (χ3v) is 5.62. The maximum absolute atomic E-state index is 10.7. The average Bonchev–Trinajstić information content (AvgIpc) is 2.61. The van der Waals surface area contributed by atoms with E-state index in [-0.39, 0.29) is 0 Å². The normalized spacial score (nSPS) is 12.8. The van der Waals surface area contributed by atoms with E-state index in [1.165, 1.54) is 41.5 Å². The van der Waals surface area contributed by atoms with Crippen molar-refractivity contribution < 1.29 is 5.11 Å². The van der Waals surface area contributed by atoms with Crippen molar-refractivity contribution in [2.24, 2.45) is 0 Å². The molecule has 0 aromatic heterocycles. The molecular weight excluding hydrogens is 352 g/mol. The molecule has 0 fully saturated rings. The van der Waals surface area contributed by atoms with Gasteiger partial charge in [-0.3, -0.25) is 0 Å². The molecular formula is C25H35ClO. The van der Waals surface area contributed by atoms with E-state index in [2.05, 4.69) is 52.8 Å². The maximum atomic E-state index is 10.7. The first-order valence-corrected chi connectivity index (χ1v) is 10.8. The second-order valence-corrected chi connectivity index (χ2v) is 8.71. The predicted octanol–water partition coefficient (Wildman–Crippen LogP) is 8.04. The third kappa shape index (κ3) is 5.15. The number of aliphatic hydroxyl groups is 1. The van der Waals surface area contributed by atoms with Crippen molar-refractivity contribution in [3.05, 3.63) is 57.6 Å². The third-order valence-electron chi connectivity index (χ3n) is 5.37. The molecule has 1 nitrogen and oxygen atoms in total. The van der Waals surface area contributed by atoms with Gasteiger partial charge in [-0.15, -0.1) is 0 Å². The van der Waals surface area contributed by atoms with Crippen LogP contribution in [-0.4, -0.2) is 5.11 Å². The molecule has 0 aliphatic carbocycles. The zero-order chi connectivity index (χ0) is 20.1. The molecule has 0 amide bonds. The minimum absolute atomic E-state index is 0.364. The van der Waals surface area contributed by atoms with Gasteiger partial charge in [0.2, 0.25) is 0 Å². The molecule has 0 aliphatic heterocycles. The maximum Gasteiger partial charge on any atom is 0.0770 e. The Morgan fingerprint density at radius 1 is 0.889 bits per heavy atom. The SMILES string of the molecule is CCCCCc1c(C(C)C)cc(C(C)C)c(C(C)O)c1-c1ccc(Cl)cc1. The number of aliphatic hydroxyl groups excluding tert-OH is 1. The minimum Gasteiger partial charge on any atom is -0.389 e. The molecule has 27 heavy (non-hydrogen) atoms. The lowest BCUT2D eigenvalue weighted by atomic mass is 9.78. The molecule has 0 bridgehead atoms. The summed E-state index contributed by atoms with van der Waals surface area (Å²) in [4.78, 5) is 0. The summed E-state index contributed by atoms with van der Waals surface area (Å²) in [5.74, 6) is 0.816. The Morgan fingerprint density at radius 2 is 1.48 bits per heavy atom. The van der Waals surface area contributed by atoms with Crippen LogP contribution in [0.15, 0.2) is 30.3 Å². The quantitative estimate of drug-likeness (QED) is 0.455. The van der Waals surface area contributed by atoms with Crippen LogP contribution in [0.5, 0.6) is 0 Å². The summed E-state index contributed by atoms with van der Waals surface area (Å²) in [5, 5.41) is 11.5. The molecule has 1 N–H and O–H groups in total. The number of rotatable bonds is 8. The van der Waals surface area contributed by atoms with Crippen LogP contribution < -0.4 is 0 Å². The molecule has 0 heterocycles. The zero-order valence-electron chi connectivity index (χ0n) is 17.8. The van der Waals surface area contributed by atoms with E-state index < -0.39 is 6.10 Å². The Morgan fingerprint density at radius 3 is 1.96 bits per heavy atom. The second-order valence-electron chi connectivity index (χ2n) is 8.27. The molecule has 2 aromatic rings. The van der Waals surface area contributed by atoms with Gasteiger partial charge in [-0.05, 0) is 77.1 Å². The monoisotopic (exact) mass is 386 g/mol. The summed E-state index contributed by atoms with van der Waals surface area (Å²) in [6, 6.07) is 10.5. The van der Waals surface area contributed by atoms with Crippen LogP contribution >= 0.6 is 11.6 Å². The van der Waals surface area contributed by atoms with Gasteiger partial charge in [-0.2, -0.15) is 0 Å². The fourth-order valence-corrected chi connectivity index (χ4v) is 4.12. The first kappa shape index (κ1) is 22.0. The minimum atomic E-state index is -0.501. The van der Waals surface area contributed by atoms with Gasteiger partial charge in [0, 0.05) is 5.02 Å². The zero-order valence-corrected chi connectivity index (χ0v) is 18.5. The molecule has 1 atom stereocenters. The van der Waals surface area contributed by atoms with Crippen molar-refractivity contribution in [1.29, 1.82) is 0 Å². The van der Waals surface area contributed by atoms with Crippen LogP contribution in [0.2, 0.25) is 5.02 Å². The van der Waals surface area contributed by atoms with Gasteiger partial charge in [-0.25, -0.2) is 0 Å². The average molecular weight is 387 g/mol. The Hall–Kier alpha value is -1.31. The van der Waals surface area contributed by atoms with Crippen molar-refractivity contribution in [3.8, 4) is 11.1 Å². The van der Waals surface area contributed by atoms with Crippen LogP contribution in [0.1, 0.15) is 101 Å². The Bertz CT molecular complexity index is 742. The Kier molecular flexibility index (Phi) is 7.94. The predicted molar refractivity (Wildman–Crippen MR) is 119 cm³/mol. The first-order valence-electron chi connectivity index (χ1n) is 10.4. The summed E-state index contributed by atoms with van der Waals surface area (Å²) in [7, 11) is 0. The molecule has 0 spiro atoms. The highest BCUT2D eigenvalue weighted by atomic mass is 35.5. The van der Waals surface area contributed by atoms with Gasteiger partial charge in [-0.1, -0.05) is 77.3 Å². The standard InChI is InChI=1S/C25H35ClO/c1-7-8-9-10-21-22(16(2)3)15-23(17(4)5)24(18(6)27)25(21)19-11-13-20(26)14-12-19/h11-18,27H,7-10H2,1-6H3. The molecule has 2 aromatic carbocycles. The fourth-order valence-electron chi connectivity index (χ4n) is 3.99. The summed E-state index contributed by atoms with van der Waals surface area (Å²) < 4.78 is 0. The fraction of sp³-hybridized carbons (Fsp3) is 0.520. The van der Waals surface area contributed by atoms with E-state index in [1.54, 1.807) is 0 Å². The molecule has 0 saturated carbocycles. The number of halogens is 1. The molecule has 2 heteroatoms. The van der Waals surface area contributed by atoms with E-state index in [0.717, 1.165) is 22.6 Å². The highest BCUT2D eigenvalue weighted by molar-refractivity contribution is 6.30. The number of benzene rings is 2. The molecule has 2 rings (SSSR count). The smallest absolute Gasteiger partial charge is 0.0770 e. The summed E-state index contributed by atoms with van der Waals surface area (Å²) in [6.07, 6.45) is 4.17. The van der Waals surface area contributed by atoms with Crippen molar-refractivity contribution in [3.63, 3.8) is 0 Å². The van der Waals surface area contributed by atoms with Gasteiger partial charge >= 0.3 is 0 Å². The van der Waals surface area contributed by atoms with Crippen molar-refractivity contribution in [1.82, 2.24) is 0 Å². The van der Waals surface area contributed by atoms with E-state index in [0.29, 0.717) is 11.8 Å². The second kappa shape index (κ2) is 9.75. The summed E-state index contributed by atoms with van der Waals surface area (Å²) in [6.45, 7) is 13.1. The van der Waals surface area contributed by atoms with E-state index in [9.17, 15) is 5.11 Å². The van der Waals surface area contributed by atoms with Crippen LogP contribution in [-0.2, 0) is 6.42 Å². The lowest BCUT2D eigenvalue weighted by molar-refractivity contribution is 0.198. The number of hydrogen-bond donors (Lipinski definition) is 1. The van der Waals surface area contributed by atoms with Gasteiger partial charge in [0.1, 0.15) is 0 Å². The van der Waals surface area contributed by atoms with Crippen LogP contribution in [0.3, 0.4) is 0 Å². The van der Waals surface area contributed by atoms with Crippen molar-refractivity contribution >= 4 is 11.6 Å². The molecule has 1 unspecified atom stereocenters. The van der Waals surface area contributed by atoms with E-state index in [4.69, 9.17) is 11.6 Å². The summed E-state index contributed by atoms with van der Waals surface area (Å²) in [5.41, 5.74) is 7.56. The lowest BCUT2D eigenvalue weighted by Crippen LogP contribution is -2.10. The largest absolute Gasteiger partial charge is 0.389 e. The number of unbranched alkanes of at least 4 members (excludes halogenated alkanes) is 2. The van der Waals surface area contributed by atoms with E-state index in [1.807, 2.05) is 19.1 Å². The summed E-state index contributed by atoms with van der Waals surface area (Å²) >= 11 is 6.16. The Labute approximate surface area is 170 Å². The van der Waals surface area contributed by atoms with Crippen LogP contribution in [0.4, 0.5) is 0 Å². The van der Waals surface area contributed by atoms with Crippen molar-refractivity contribution in [2.75, 3.05) is 0 Å². The molecule has 0 aliphatic rings. The first-order chi connectivity index (χ1) is 12.8. The van der Waals surface area contributed by atoms with Gasteiger partial charge in [0.15, 0.2) is 0 Å². The number of hydrogen-bond acceptors (Lipinski definition) is 1. The van der Waals surface area contributed by atoms with Gasteiger partial charge < -0.3 is 5.11 Å². The topological polar surface area (TPSA) is 20.2 Å². The van der Waals surface area contributed by atoms with E-state index >= 15 is 0 Å². The van der Waals surface area contributed by atoms with Crippen LogP contribution in [0, 0.1) is 0 Å². The van der Waals surface area contributed by atoms with Gasteiger partial charge in [0.25, 0.3) is 0 Å². The molecule has 148 valence electrons. The molecule has 0 saturated heterocycles.